The number of carbonyl (C=O) groups is 2. The van der Waals surface area contributed by atoms with Gasteiger partial charge in [-0.15, -0.1) is 0 Å². The molecule has 0 bridgehead atoms. The van der Waals surface area contributed by atoms with Crippen molar-refractivity contribution in [1.82, 2.24) is 10.2 Å². The van der Waals surface area contributed by atoms with E-state index in [9.17, 15) is 9.59 Å². The Labute approximate surface area is 152 Å². The van der Waals surface area contributed by atoms with Gasteiger partial charge in [0.25, 0.3) is 0 Å². The quantitative estimate of drug-likeness (QED) is 0.863. The molecule has 0 unspecified atom stereocenters. The molecule has 0 radical (unpaired) electrons. The van der Waals surface area contributed by atoms with Gasteiger partial charge >= 0.3 is 12.0 Å². The number of carbonyl (C=O) groups excluding carboxylic acids is 1. The Morgan fingerprint density at radius 1 is 1.08 bits per heavy atom. The lowest BCUT2D eigenvalue weighted by molar-refractivity contribution is -0.142. The number of carboxylic acid groups (broad SMARTS) is 1. The zero-order chi connectivity index (χ0) is 17.8. The summed E-state index contributed by atoms with van der Waals surface area (Å²) in [6.07, 6.45) is 2.77. The number of piperazine rings is 1. The molecule has 1 aliphatic heterocycles. The number of benzene rings is 1. The van der Waals surface area contributed by atoms with Crippen LogP contribution in [0.4, 0.5) is 10.5 Å². The van der Waals surface area contributed by atoms with Crippen LogP contribution in [0.5, 0.6) is 0 Å². The summed E-state index contributed by atoms with van der Waals surface area (Å²) in [5.41, 5.74) is 1.08. The number of urea groups is 1. The first kappa shape index (κ1) is 17.9. The van der Waals surface area contributed by atoms with E-state index in [-0.39, 0.29) is 18.0 Å². The van der Waals surface area contributed by atoms with Crippen molar-refractivity contribution in [2.75, 3.05) is 31.1 Å². The third-order valence-corrected chi connectivity index (χ3v) is 5.38. The van der Waals surface area contributed by atoms with Gasteiger partial charge in [0.05, 0.1) is 5.92 Å². The summed E-state index contributed by atoms with van der Waals surface area (Å²) in [6.45, 7) is 2.89. The maximum absolute atomic E-state index is 12.4. The van der Waals surface area contributed by atoms with Crippen LogP contribution in [0.1, 0.15) is 25.7 Å². The van der Waals surface area contributed by atoms with E-state index in [2.05, 4.69) is 10.2 Å². The van der Waals surface area contributed by atoms with Gasteiger partial charge in [-0.2, -0.15) is 0 Å². The Hall–Kier alpha value is -1.95. The molecule has 0 aromatic heterocycles. The van der Waals surface area contributed by atoms with Crippen molar-refractivity contribution in [1.29, 1.82) is 0 Å². The summed E-state index contributed by atoms with van der Waals surface area (Å²) in [4.78, 5) is 27.5. The largest absolute Gasteiger partial charge is 0.481 e. The van der Waals surface area contributed by atoms with Crippen LogP contribution in [0.2, 0.25) is 5.02 Å². The van der Waals surface area contributed by atoms with Crippen LogP contribution in [0.3, 0.4) is 0 Å². The minimum absolute atomic E-state index is 0.0375. The number of nitrogens with one attached hydrogen (secondary N) is 1. The molecule has 0 spiro atoms. The van der Waals surface area contributed by atoms with Crippen LogP contribution < -0.4 is 10.2 Å². The highest BCUT2D eigenvalue weighted by molar-refractivity contribution is 6.30. The van der Waals surface area contributed by atoms with Crippen LogP contribution >= 0.6 is 11.6 Å². The third-order valence-electron chi connectivity index (χ3n) is 5.14. The topological polar surface area (TPSA) is 72.9 Å². The first-order valence-corrected chi connectivity index (χ1v) is 9.19. The van der Waals surface area contributed by atoms with E-state index >= 15 is 0 Å². The molecule has 136 valence electrons. The van der Waals surface area contributed by atoms with Crippen LogP contribution in [0.15, 0.2) is 24.3 Å². The van der Waals surface area contributed by atoms with Gasteiger partial charge in [0.2, 0.25) is 0 Å². The summed E-state index contributed by atoms with van der Waals surface area (Å²) in [6, 6.07) is 7.82. The van der Waals surface area contributed by atoms with E-state index in [4.69, 9.17) is 16.7 Å². The molecule has 3 rings (SSSR count). The van der Waals surface area contributed by atoms with Crippen molar-refractivity contribution in [3.8, 4) is 0 Å². The number of hydrogen-bond acceptors (Lipinski definition) is 3. The standard InChI is InChI=1S/C18H24ClN3O3/c19-14-2-1-3-16(12-14)21-8-10-22(11-9-21)18(25)20-15-6-4-13(5-7-15)17(23)24/h1-3,12-13,15H,4-11H2,(H,20,25)(H,23,24). The van der Waals surface area contributed by atoms with Crippen molar-refractivity contribution in [3.05, 3.63) is 29.3 Å². The molecule has 6 nitrogen and oxygen atoms in total. The summed E-state index contributed by atoms with van der Waals surface area (Å²) >= 11 is 6.04. The number of amides is 2. The molecule has 1 aromatic rings. The van der Waals surface area contributed by atoms with E-state index in [1.165, 1.54) is 0 Å². The Morgan fingerprint density at radius 2 is 1.76 bits per heavy atom. The van der Waals surface area contributed by atoms with Gasteiger partial charge in [0.15, 0.2) is 0 Å². The lowest BCUT2D eigenvalue weighted by Gasteiger charge is -2.37. The zero-order valence-corrected chi connectivity index (χ0v) is 14.9. The summed E-state index contributed by atoms with van der Waals surface area (Å²) in [7, 11) is 0. The molecule has 7 heteroatoms. The Kier molecular flexibility index (Phi) is 5.68. The van der Waals surface area contributed by atoms with Crippen LogP contribution in [0.25, 0.3) is 0 Å². The first-order valence-electron chi connectivity index (χ1n) is 8.81. The van der Waals surface area contributed by atoms with Gasteiger partial charge in [0, 0.05) is 42.9 Å². The predicted molar refractivity (Wildman–Crippen MR) is 97.2 cm³/mol. The van der Waals surface area contributed by atoms with Crippen molar-refractivity contribution in [2.24, 2.45) is 5.92 Å². The molecule has 0 atom stereocenters. The second kappa shape index (κ2) is 7.95. The minimum Gasteiger partial charge on any atom is -0.481 e. The predicted octanol–water partition coefficient (Wildman–Crippen LogP) is 2.82. The molecule has 1 saturated heterocycles. The average Bonchev–Trinajstić information content (AvgIpc) is 2.62. The average molecular weight is 366 g/mol. The molecule has 1 heterocycles. The summed E-state index contributed by atoms with van der Waals surface area (Å²) in [5, 5.41) is 12.8. The van der Waals surface area contributed by atoms with Crippen molar-refractivity contribution in [2.45, 2.75) is 31.7 Å². The summed E-state index contributed by atoms with van der Waals surface area (Å²) < 4.78 is 0. The van der Waals surface area contributed by atoms with Crippen molar-refractivity contribution in [3.63, 3.8) is 0 Å². The number of aliphatic carboxylic acids is 1. The highest BCUT2D eigenvalue weighted by Crippen LogP contribution is 2.25. The lowest BCUT2D eigenvalue weighted by Crippen LogP contribution is -2.54. The Bertz CT molecular complexity index is 624. The number of carboxylic acids is 1. The number of rotatable bonds is 3. The fraction of sp³-hybridized carbons (Fsp3) is 0.556. The maximum atomic E-state index is 12.4. The number of nitrogens with zero attached hydrogens (tertiary/aromatic N) is 2. The van der Waals surface area contributed by atoms with Gasteiger partial charge in [-0.25, -0.2) is 4.79 Å². The summed E-state index contributed by atoms with van der Waals surface area (Å²) in [5.74, 6) is -0.976. The lowest BCUT2D eigenvalue weighted by atomic mass is 9.86. The molecule has 1 aliphatic carbocycles. The van der Waals surface area contributed by atoms with Gasteiger partial charge in [-0.1, -0.05) is 17.7 Å². The number of halogens is 1. The molecular weight excluding hydrogens is 342 g/mol. The van der Waals surface area contributed by atoms with Crippen LogP contribution in [-0.4, -0.2) is 54.2 Å². The number of hydrogen-bond donors (Lipinski definition) is 2. The normalized spacial score (nSPS) is 24.0. The van der Waals surface area contributed by atoms with E-state index in [0.29, 0.717) is 25.9 Å². The molecule has 1 aromatic carbocycles. The van der Waals surface area contributed by atoms with Crippen molar-refractivity contribution >= 4 is 29.3 Å². The van der Waals surface area contributed by atoms with E-state index in [1.807, 2.05) is 29.2 Å². The second-order valence-corrected chi connectivity index (χ2v) is 7.23. The van der Waals surface area contributed by atoms with Gasteiger partial charge in [-0.3, -0.25) is 4.79 Å². The Balaban J connectivity index is 1.45. The first-order chi connectivity index (χ1) is 12.0. The Morgan fingerprint density at radius 3 is 2.36 bits per heavy atom. The van der Waals surface area contributed by atoms with E-state index in [1.54, 1.807) is 0 Å². The SMILES string of the molecule is O=C(O)C1CCC(NC(=O)N2CCN(c3cccc(Cl)c3)CC2)CC1. The van der Waals surface area contributed by atoms with Gasteiger partial charge in [0.1, 0.15) is 0 Å². The molecule has 2 N–H and O–H groups in total. The van der Waals surface area contributed by atoms with Gasteiger partial charge < -0.3 is 20.2 Å². The smallest absolute Gasteiger partial charge is 0.317 e. The highest BCUT2D eigenvalue weighted by atomic mass is 35.5. The molecule has 2 aliphatic rings. The van der Waals surface area contributed by atoms with Crippen LogP contribution in [-0.2, 0) is 4.79 Å². The monoisotopic (exact) mass is 365 g/mol. The van der Waals surface area contributed by atoms with Crippen LogP contribution in [0, 0.1) is 5.92 Å². The molecule has 1 saturated carbocycles. The molecule has 25 heavy (non-hydrogen) atoms. The minimum atomic E-state index is -0.720. The second-order valence-electron chi connectivity index (χ2n) is 6.79. The number of anilines is 1. The van der Waals surface area contributed by atoms with Crippen molar-refractivity contribution < 1.29 is 14.7 Å². The van der Waals surface area contributed by atoms with Gasteiger partial charge in [-0.05, 0) is 43.9 Å². The van der Waals surface area contributed by atoms with E-state index in [0.717, 1.165) is 36.6 Å². The zero-order valence-electron chi connectivity index (χ0n) is 14.2. The maximum Gasteiger partial charge on any atom is 0.317 e. The van der Waals surface area contributed by atoms with E-state index < -0.39 is 5.97 Å². The molecule has 2 amide bonds. The highest BCUT2D eigenvalue weighted by Gasteiger charge is 2.28. The molecule has 2 fully saturated rings. The fourth-order valence-corrected chi connectivity index (χ4v) is 3.78. The molecular formula is C18H24ClN3O3. The fourth-order valence-electron chi connectivity index (χ4n) is 3.59. The third kappa shape index (κ3) is 4.57.